The number of aromatic nitrogens is 2. The SMILES string of the molecule is Cc1nc(N2CCN(C(=O)N3CCCC3)CC2)c2c3c(sc2n1)CCCCC3. The van der Waals surface area contributed by atoms with Crippen LogP contribution >= 0.6 is 11.3 Å². The number of rotatable bonds is 1. The highest BCUT2D eigenvalue weighted by atomic mass is 32.1. The van der Waals surface area contributed by atoms with Crippen LogP contribution in [0, 0.1) is 6.92 Å². The van der Waals surface area contributed by atoms with Gasteiger partial charge >= 0.3 is 6.03 Å². The van der Waals surface area contributed by atoms with Gasteiger partial charge in [0.2, 0.25) is 0 Å². The molecule has 2 aliphatic heterocycles. The number of aryl methyl sites for hydroxylation is 3. The number of likely N-dealkylation sites (tertiary alicyclic amines) is 1. The third-order valence-electron chi connectivity index (χ3n) is 6.38. The molecular weight excluding hydrogens is 370 g/mol. The summed E-state index contributed by atoms with van der Waals surface area (Å²) >= 11 is 1.88. The van der Waals surface area contributed by atoms with Crippen LogP contribution < -0.4 is 4.90 Å². The van der Waals surface area contributed by atoms with Crippen molar-refractivity contribution in [2.75, 3.05) is 44.2 Å². The Labute approximate surface area is 170 Å². The van der Waals surface area contributed by atoms with Crippen molar-refractivity contribution >= 4 is 33.4 Å². The van der Waals surface area contributed by atoms with Crippen molar-refractivity contribution in [1.29, 1.82) is 0 Å². The van der Waals surface area contributed by atoms with Gasteiger partial charge < -0.3 is 14.7 Å². The lowest BCUT2D eigenvalue weighted by Crippen LogP contribution is -2.52. The fourth-order valence-electron chi connectivity index (χ4n) is 4.87. The molecule has 6 nitrogen and oxygen atoms in total. The summed E-state index contributed by atoms with van der Waals surface area (Å²) in [6, 6.07) is 0.227. The lowest BCUT2D eigenvalue weighted by atomic mass is 10.1. The average molecular weight is 400 g/mol. The van der Waals surface area contributed by atoms with E-state index in [-0.39, 0.29) is 6.03 Å². The van der Waals surface area contributed by atoms with E-state index in [0.717, 1.165) is 75.0 Å². The van der Waals surface area contributed by atoms with E-state index in [0.29, 0.717) is 0 Å². The minimum absolute atomic E-state index is 0.227. The Kier molecular flexibility index (Phi) is 4.87. The molecule has 0 atom stereocenters. The Morgan fingerprint density at radius 3 is 2.36 bits per heavy atom. The van der Waals surface area contributed by atoms with E-state index in [9.17, 15) is 4.79 Å². The molecule has 0 aromatic carbocycles. The predicted molar refractivity (Wildman–Crippen MR) is 113 cm³/mol. The molecule has 2 amide bonds. The van der Waals surface area contributed by atoms with Gasteiger partial charge in [0.05, 0.1) is 5.39 Å². The second-order valence-corrected chi connectivity index (χ2v) is 9.37. The molecular formula is C21H29N5OS. The molecule has 0 unspecified atom stereocenters. The van der Waals surface area contributed by atoms with Gasteiger partial charge in [0.15, 0.2) is 0 Å². The quantitative estimate of drug-likeness (QED) is 0.688. The highest BCUT2D eigenvalue weighted by molar-refractivity contribution is 7.19. The molecule has 0 radical (unpaired) electrons. The number of amides is 2. The summed E-state index contributed by atoms with van der Waals surface area (Å²) < 4.78 is 0. The second-order valence-electron chi connectivity index (χ2n) is 8.29. The first-order chi connectivity index (χ1) is 13.7. The number of anilines is 1. The number of piperazine rings is 1. The van der Waals surface area contributed by atoms with Crippen LogP contribution in [-0.2, 0) is 12.8 Å². The van der Waals surface area contributed by atoms with Gasteiger partial charge in [0, 0.05) is 44.1 Å². The van der Waals surface area contributed by atoms with Gasteiger partial charge in [-0.2, -0.15) is 0 Å². The van der Waals surface area contributed by atoms with Crippen molar-refractivity contribution in [3.63, 3.8) is 0 Å². The third kappa shape index (κ3) is 3.23. The van der Waals surface area contributed by atoms with E-state index < -0.39 is 0 Å². The molecule has 7 heteroatoms. The second kappa shape index (κ2) is 7.50. The molecule has 2 aromatic rings. The Morgan fingerprint density at radius 1 is 0.857 bits per heavy atom. The van der Waals surface area contributed by atoms with Crippen LogP contribution in [0.2, 0.25) is 0 Å². The maximum Gasteiger partial charge on any atom is 0.320 e. The fourth-order valence-corrected chi connectivity index (χ4v) is 6.17. The van der Waals surface area contributed by atoms with Crippen LogP contribution in [0.1, 0.15) is 48.4 Å². The minimum atomic E-state index is 0.227. The molecule has 2 aromatic heterocycles. The number of hydrogen-bond donors (Lipinski definition) is 0. The molecule has 150 valence electrons. The van der Waals surface area contributed by atoms with Gasteiger partial charge in [-0.3, -0.25) is 0 Å². The molecule has 1 aliphatic carbocycles. The molecule has 0 spiro atoms. The standard InChI is InChI=1S/C21H29N5OS/c1-15-22-19(18-16-7-3-2-4-8-17(16)28-20(18)23-15)24-11-13-26(14-12-24)21(27)25-9-5-6-10-25/h2-14H2,1H3. The normalized spacial score (nSPS) is 20.5. The zero-order valence-corrected chi connectivity index (χ0v) is 17.6. The predicted octanol–water partition coefficient (Wildman–Crippen LogP) is 3.61. The van der Waals surface area contributed by atoms with Gasteiger partial charge in [-0.25, -0.2) is 14.8 Å². The molecule has 4 heterocycles. The summed E-state index contributed by atoms with van der Waals surface area (Å²) in [6.07, 6.45) is 8.51. The van der Waals surface area contributed by atoms with Gasteiger partial charge in [-0.1, -0.05) is 6.42 Å². The van der Waals surface area contributed by atoms with Crippen LogP contribution in [0.15, 0.2) is 0 Å². The lowest BCUT2D eigenvalue weighted by molar-refractivity contribution is 0.159. The number of carbonyl (C=O) groups is 1. The molecule has 3 aliphatic rings. The highest BCUT2D eigenvalue weighted by Gasteiger charge is 2.29. The zero-order valence-electron chi connectivity index (χ0n) is 16.7. The van der Waals surface area contributed by atoms with Gasteiger partial charge in [-0.15, -0.1) is 11.3 Å². The van der Waals surface area contributed by atoms with Gasteiger partial charge in [-0.05, 0) is 51.0 Å². The Bertz CT molecular complexity index is 881. The monoisotopic (exact) mass is 399 g/mol. The number of nitrogens with zero attached hydrogens (tertiary/aromatic N) is 5. The van der Waals surface area contributed by atoms with Gasteiger partial charge in [0.25, 0.3) is 0 Å². The first-order valence-corrected chi connectivity index (χ1v) is 11.6. The van der Waals surface area contributed by atoms with Crippen molar-refractivity contribution in [2.24, 2.45) is 0 Å². The molecule has 2 saturated heterocycles. The number of hydrogen-bond acceptors (Lipinski definition) is 5. The van der Waals surface area contributed by atoms with E-state index in [1.165, 1.54) is 41.5 Å². The van der Waals surface area contributed by atoms with E-state index >= 15 is 0 Å². The van der Waals surface area contributed by atoms with Crippen molar-refractivity contribution in [2.45, 2.75) is 51.9 Å². The Morgan fingerprint density at radius 2 is 1.57 bits per heavy atom. The number of urea groups is 1. The van der Waals surface area contributed by atoms with Crippen LogP contribution in [0.4, 0.5) is 10.6 Å². The van der Waals surface area contributed by atoms with Crippen LogP contribution in [0.25, 0.3) is 10.2 Å². The number of thiophene rings is 1. The van der Waals surface area contributed by atoms with Crippen LogP contribution in [-0.4, -0.2) is 65.1 Å². The highest BCUT2D eigenvalue weighted by Crippen LogP contribution is 2.39. The summed E-state index contributed by atoms with van der Waals surface area (Å²) in [5, 5.41) is 1.30. The molecule has 0 N–H and O–H groups in total. The van der Waals surface area contributed by atoms with Crippen molar-refractivity contribution in [3.05, 3.63) is 16.3 Å². The topological polar surface area (TPSA) is 52.6 Å². The maximum atomic E-state index is 12.7. The summed E-state index contributed by atoms with van der Waals surface area (Å²) in [4.78, 5) is 31.5. The number of carbonyl (C=O) groups excluding carboxylic acids is 1. The van der Waals surface area contributed by atoms with Crippen molar-refractivity contribution in [1.82, 2.24) is 19.8 Å². The maximum absolute atomic E-state index is 12.7. The summed E-state index contributed by atoms with van der Waals surface area (Å²) in [6.45, 7) is 7.13. The fraction of sp³-hybridized carbons (Fsp3) is 0.667. The first-order valence-electron chi connectivity index (χ1n) is 10.8. The van der Waals surface area contributed by atoms with Crippen molar-refractivity contribution in [3.8, 4) is 0 Å². The molecule has 0 bridgehead atoms. The van der Waals surface area contributed by atoms with Gasteiger partial charge in [0.1, 0.15) is 16.5 Å². The van der Waals surface area contributed by atoms with E-state index in [1.54, 1.807) is 0 Å². The van der Waals surface area contributed by atoms with E-state index in [4.69, 9.17) is 9.97 Å². The molecule has 28 heavy (non-hydrogen) atoms. The first kappa shape index (κ1) is 18.2. The summed E-state index contributed by atoms with van der Waals surface area (Å²) in [5.41, 5.74) is 1.50. The van der Waals surface area contributed by atoms with Crippen molar-refractivity contribution < 1.29 is 4.79 Å². The minimum Gasteiger partial charge on any atom is -0.352 e. The third-order valence-corrected chi connectivity index (χ3v) is 7.57. The van der Waals surface area contributed by atoms with Crippen LogP contribution in [0.3, 0.4) is 0 Å². The zero-order chi connectivity index (χ0) is 19.1. The Balaban J connectivity index is 1.40. The summed E-state index contributed by atoms with van der Waals surface area (Å²) in [7, 11) is 0. The molecule has 2 fully saturated rings. The van der Waals surface area contributed by atoms with Crippen LogP contribution in [0.5, 0.6) is 0 Å². The lowest BCUT2D eigenvalue weighted by Gasteiger charge is -2.37. The average Bonchev–Trinajstić information content (AvgIpc) is 3.30. The Hall–Kier alpha value is -1.89. The van der Waals surface area contributed by atoms with E-state index in [1.807, 2.05) is 28.1 Å². The summed E-state index contributed by atoms with van der Waals surface area (Å²) in [5.74, 6) is 1.96. The molecule has 0 saturated carbocycles. The largest absolute Gasteiger partial charge is 0.352 e. The molecule has 5 rings (SSSR count). The smallest absolute Gasteiger partial charge is 0.320 e. The van der Waals surface area contributed by atoms with E-state index in [2.05, 4.69) is 4.90 Å². The number of fused-ring (bicyclic) bond motifs is 3.